The summed E-state index contributed by atoms with van der Waals surface area (Å²) >= 11 is 0. The average molecular weight is 487 g/mol. The Morgan fingerprint density at radius 2 is 1.83 bits per heavy atom. The van der Waals surface area contributed by atoms with Gasteiger partial charge in [-0.25, -0.2) is 9.18 Å². The van der Waals surface area contributed by atoms with Gasteiger partial charge >= 0.3 is 5.97 Å². The van der Waals surface area contributed by atoms with Crippen LogP contribution in [0.1, 0.15) is 41.8 Å². The summed E-state index contributed by atoms with van der Waals surface area (Å²) in [5.74, 6) is -0.414. The smallest absolute Gasteiger partial charge is 0.337 e. The topological polar surface area (TPSA) is 34.5 Å². The van der Waals surface area contributed by atoms with Gasteiger partial charge in [0.25, 0.3) is 0 Å². The number of rotatable bonds is 6. The van der Waals surface area contributed by atoms with E-state index in [9.17, 15) is 9.18 Å². The summed E-state index contributed by atoms with van der Waals surface area (Å²) in [6.07, 6.45) is 17.0. The number of hydrogen-bond donors (Lipinski definition) is 0. The molecule has 1 aliphatic heterocycles. The van der Waals surface area contributed by atoms with Gasteiger partial charge in [-0.1, -0.05) is 48.6 Å². The number of para-hydroxylation sites is 1. The van der Waals surface area contributed by atoms with Crippen molar-refractivity contribution in [3.05, 3.63) is 102 Å². The van der Waals surface area contributed by atoms with Crippen LogP contribution in [0.25, 0.3) is 16.5 Å². The number of terminal acetylenes is 1. The number of allylic oxidation sites excluding steroid dienone is 3. The van der Waals surface area contributed by atoms with Crippen LogP contribution in [0, 0.1) is 12.8 Å². The number of benzene rings is 2. The molecule has 2 heterocycles. The number of nitrogens with zero attached hydrogens (tertiary/aromatic N) is 2. The normalized spacial score (nSPS) is 13.5. The Labute approximate surface area is 214 Å². The first-order valence-electron chi connectivity index (χ1n) is 11.9. The van der Waals surface area contributed by atoms with Crippen molar-refractivity contribution in [1.29, 1.82) is 0 Å². The molecule has 2 aromatic carbocycles. The number of methoxy groups -OCH3 is 1. The van der Waals surface area contributed by atoms with Crippen LogP contribution in [-0.2, 0) is 17.8 Å². The number of halogens is 1. The molecule has 0 saturated heterocycles. The lowest BCUT2D eigenvalue weighted by molar-refractivity contribution is 0.0600. The number of fused-ring (bicyclic) bond motifs is 1. The molecular formula is C31H35FN2O2. The highest BCUT2D eigenvalue weighted by Gasteiger charge is 2.17. The number of hydrogen-bond acceptors (Lipinski definition) is 3. The molecule has 4 nitrogen and oxygen atoms in total. The van der Waals surface area contributed by atoms with Crippen LogP contribution in [0.15, 0.2) is 85.4 Å². The Morgan fingerprint density at radius 1 is 1.17 bits per heavy atom. The van der Waals surface area contributed by atoms with Crippen molar-refractivity contribution < 1.29 is 13.9 Å². The maximum absolute atomic E-state index is 11.6. The van der Waals surface area contributed by atoms with E-state index in [1.54, 1.807) is 6.92 Å². The second kappa shape index (κ2) is 14.5. The number of carbonyl (C=O) groups is 1. The summed E-state index contributed by atoms with van der Waals surface area (Å²) < 4.78 is 18.3. The molecule has 5 heteroatoms. The summed E-state index contributed by atoms with van der Waals surface area (Å²) in [6.45, 7) is 10.6. The monoisotopic (exact) mass is 486 g/mol. The second-order valence-electron chi connectivity index (χ2n) is 8.28. The van der Waals surface area contributed by atoms with Crippen LogP contribution in [0.4, 0.5) is 4.39 Å². The molecule has 4 rings (SSSR count). The summed E-state index contributed by atoms with van der Waals surface area (Å²) in [7, 11) is 1.41. The van der Waals surface area contributed by atoms with E-state index in [4.69, 9.17) is 4.74 Å². The van der Waals surface area contributed by atoms with Gasteiger partial charge in [0.2, 0.25) is 0 Å². The molecule has 0 saturated carbocycles. The molecule has 1 aromatic heterocycles. The second-order valence-corrected chi connectivity index (χ2v) is 8.28. The maximum atomic E-state index is 11.6. The zero-order valence-electron chi connectivity index (χ0n) is 21.4. The molecule has 0 aliphatic carbocycles. The number of esters is 1. The highest BCUT2D eigenvalue weighted by Crippen LogP contribution is 2.31. The van der Waals surface area contributed by atoms with Gasteiger partial charge < -0.3 is 9.30 Å². The van der Waals surface area contributed by atoms with Gasteiger partial charge in [0.05, 0.1) is 18.5 Å². The Morgan fingerprint density at radius 3 is 2.39 bits per heavy atom. The lowest BCUT2D eigenvalue weighted by atomic mass is 9.98. The Kier molecular flexibility index (Phi) is 11.4. The molecule has 0 atom stereocenters. The van der Waals surface area contributed by atoms with Crippen LogP contribution >= 0.6 is 0 Å². The van der Waals surface area contributed by atoms with Gasteiger partial charge in [-0.3, -0.25) is 4.90 Å². The molecule has 1 aliphatic rings. The zero-order chi connectivity index (χ0) is 26.5. The minimum absolute atomic E-state index is 0.120. The van der Waals surface area contributed by atoms with Gasteiger partial charge in [0.15, 0.2) is 0 Å². The van der Waals surface area contributed by atoms with Crippen LogP contribution < -0.4 is 0 Å². The Balaban J connectivity index is 0.000000583. The lowest BCUT2D eigenvalue weighted by Crippen LogP contribution is -2.28. The van der Waals surface area contributed by atoms with E-state index in [1.807, 2.05) is 30.3 Å². The van der Waals surface area contributed by atoms with Crippen LogP contribution in [0.3, 0.4) is 0 Å². The Bertz CT molecular complexity index is 1230. The standard InChI is InChI=1S/C25H26N2O2.C4H7F.C2H2/c1-3-14-27-18-23(22-6-4-5-7-24(22)27)20-12-15-26(16-13-20)17-19-8-10-21(11-9-19)25(28)29-2;1-3-4(2)5;1-2/h3-12,18H,1,13-17H2,2H3;3H,1-2H3;1-2H/b;4-3+;. The molecule has 0 spiro atoms. The van der Waals surface area contributed by atoms with Gasteiger partial charge in [0.1, 0.15) is 0 Å². The third-order valence-corrected chi connectivity index (χ3v) is 5.93. The first-order chi connectivity index (χ1) is 17.5. The SMILES string of the molecule is C#C.C/C=C(\C)F.C=CCn1cc(C2=CCN(Cc3ccc(C(=O)OC)cc3)CC2)c2ccccc21. The van der Waals surface area contributed by atoms with Crippen molar-refractivity contribution in [1.82, 2.24) is 9.47 Å². The van der Waals surface area contributed by atoms with Gasteiger partial charge in [-0.15, -0.1) is 19.4 Å². The maximum Gasteiger partial charge on any atom is 0.337 e. The van der Waals surface area contributed by atoms with Crippen molar-refractivity contribution in [2.75, 3.05) is 20.2 Å². The fourth-order valence-corrected chi connectivity index (χ4v) is 4.01. The van der Waals surface area contributed by atoms with Crippen LogP contribution in [0.5, 0.6) is 0 Å². The highest BCUT2D eigenvalue weighted by molar-refractivity contribution is 5.93. The molecule has 0 bridgehead atoms. The van der Waals surface area contributed by atoms with Gasteiger partial charge in [-0.05, 0) is 49.6 Å². The highest BCUT2D eigenvalue weighted by atomic mass is 19.1. The largest absolute Gasteiger partial charge is 0.465 e. The molecule has 188 valence electrons. The van der Waals surface area contributed by atoms with Gasteiger partial charge in [-0.2, -0.15) is 0 Å². The van der Waals surface area contributed by atoms with Crippen LogP contribution in [0.2, 0.25) is 0 Å². The quantitative estimate of drug-likeness (QED) is 0.213. The summed E-state index contributed by atoms with van der Waals surface area (Å²) in [6, 6.07) is 16.3. The molecule has 0 fully saturated rings. The van der Waals surface area contributed by atoms with E-state index in [0.29, 0.717) is 5.56 Å². The lowest BCUT2D eigenvalue weighted by Gasteiger charge is -2.26. The predicted molar refractivity (Wildman–Crippen MR) is 148 cm³/mol. The number of carbonyl (C=O) groups excluding carboxylic acids is 1. The molecule has 0 unspecified atom stereocenters. The van der Waals surface area contributed by atoms with E-state index >= 15 is 0 Å². The van der Waals surface area contributed by atoms with E-state index in [1.165, 1.54) is 47.7 Å². The van der Waals surface area contributed by atoms with E-state index in [-0.39, 0.29) is 11.8 Å². The fourth-order valence-electron chi connectivity index (χ4n) is 4.01. The van der Waals surface area contributed by atoms with E-state index in [2.05, 4.69) is 65.4 Å². The van der Waals surface area contributed by atoms with Crippen molar-refractivity contribution in [2.24, 2.45) is 0 Å². The predicted octanol–water partition coefficient (Wildman–Crippen LogP) is 7.03. The van der Waals surface area contributed by atoms with Crippen molar-refractivity contribution >= 4 is 22.4 Å². The number of ether oxygens (including phenoxy) is 1. The summed E-state index contributed by atoms with van der Waals surface area (Å²) in [5, 5.41) is 1.31. The number of aromatic nitrogens is 1. The fraction of sp³-hybridized carbons (Fsp3) is 0.258. The first-order valence-corrected chi connectivity index (χ1v) is 11.9. The first kappa shape index (κ1) is 28.4. The van der Waals surface area contributed by atoms with E-state index < -0.39 is 0 Å². The third kappa shape index (κ3) is 7.56. The van der Waals surface area contributed by atoms with Gasteiger partial charge in [0, 0.05) is 48.8 Å². The molecule has 3 aromatic rings. The molecular weight excluding hydrogens is 451 g/mol. The molecule has 36 heavy (non-hydrogen) atoms. The Hall–Kier alpha value is -3.88. The summed E-state index contributed by atoms with van der Waals surface area (Å²) in [5.41, 5.74) is 5.81. The van der Waals surface area contributed by atoms with Crippen molar-refractivity contribution in [2.45, 2.75) is 33.4 Å². The average Bonchev–Trinajstić information content (AvgIpc) is 3.29. The third-order valence-electron chi connectivity index (χ3n) is 5.93. The molecule has 0 radical (unpaired) electrons. The molecule has 0 amide bonds. The van der Waals surface area contributed by atoms with E-state index in [0.717, 1.165) is 32.6 Å². The van der Waals surface area contributed by atoms with Crippen molar-refractivity contribution in [3.8, 4) is 12.8 Å². The van der Waals surface area contributed by atoms with Crippen molar-refractivity contribution in [3.63, 3.8) is 0 Å². The minimum Gasteiger partial charge on any atom is -0.465 e. The molecule has 0 N–H and O–H groups in total. The summed E-state index contributed by atoms with van der Waals surface area (Å²) in [4.78, 5) is 14.0. The minimum atomic E-state index is -0.294. The zero-order valence-corrected chi connectivity index (χ0v) is 21.4. The van der Waals surface area contributed by atoms with Crippen LogP contribution in [-0.4, -0.2) is 35.6 Å².